The minimum atomic E-state index is -4.42. The zero-order valence-electron chi connectivity index (χ0n) is 15.8. The van der Waals surface area contributed by atoms with Gasteiger partial charge in [0.2, 0.25) is 0 Å². The lowest BCUT2D eigenvalue weighted by atomic mass is 10.1. The highest BCUT2D eigenvalue weighted by Crippen LogP contribution is 2.29. The number of carboxylic acid groups (broad SMARTS) is 1. The first-order valence-corrected chi connectivity index (χ1v) is 9.81. The van der Waals surface area contributed by atoms with Crippen LogP contribution in [0.4, 0.5) is 13.2 Å². The summed E-state index contributed by atoms with van der Waals surface area (Å²) in [6.07, 6.45) is -2.38. The number of amides is 1. The van der Waals surface area contributed by atoms with E-state index in [1.807, 2.05) is 0 Å². The van der Waals surface area contributed by atoms with Crippen LogP contribution in [0.1, 0.15) is 27.0 Å². The summed E-state index contributed by atoms with van der Waals surface area (Å²) in [5, 5.41) is 9.59. The maximum atomic E-state index is 12.7. The number of carbonyl (C=O) groups is 2. The summed E-state index contributed by atoms with van der Waals surface area (Å²) in [6.45, 7) is -0.0250. The molecule has 5 nitrogen and oxygen atoms in total. The third kappa shape index (κ3) is 6.23. The predicted octanol–water partition coefficient (Wildman–Crippen LogP) is 4.27. The molecule has 2 rings (SSSR count). The van der Waals surface area contributed by atoms with Crippen LogP contribution in [0, 0.1) is 0 Å². The Balaban J connectivity index is 2.08. The molecule has 0 aliphatic rings. The van der Waals surface area contributed by atoms with Gasteiger partial charge in [0, 0.05) is 5.56 Å². The van der Waals surface area contributed by atoms with Gasteiger partial charge in [-0.15, -0.1) is 11.8 Å². The number of hydroxylamine groups is 2. The topological polar surface area (TPSA) is 66.8 Å². The number of aliphatic carboxylic acids is 1. The van der Waals surface area contributed by atoms with Crippen molar-refractivity contribution in [2.75, 3.05) is 13.4 Å². The van der Waals surface area contributed by atoms with Crippen molar-refractivity contribution in [3.63, 3.8) is 0 Å². The molecule has 9 heteroatoms. The molecule has 0 heterocycles. The van der Waals surface area contributed by atoms with Gasteiger partial charge in [-0.25, -0.2) is 5.06 Å². The van der Waals surface area contributed by atoms with Gasteiger partial charge in [0.25, 0.3) is 5.91 Å². The predicted molar refractivity (Wildman–Crippen MR) is 103 cm³/mol. The van der Waals surface area contributed by atoms with Gasteiger partial charge in [0.05, 0.1) is 19.2 Å². The highest BCUT2D eigenvalue weighted by Gasteiger charge is 2.30. The second-order valence-corrected chi connectivity index (χ2v) is 7.22. The number of rotatable bonds is 8. The molecule has 1 amide bonds. The molecule has 1 atom stereocenters. The quantitative estimate of drug-likeness (QED) is 0.638. The number of hydrogen-bond acceptors (Lipinski definition) is 4. The summed E-state index contributed by atoms with van der Waals surface area (Å²) in [7, 11) is 1.30. The lowest BCUT2D eigenvalue weighted by Gasteiger charge is -2.20. The van der Waals surface area contributed by atoms with Crippen LogP contribution in [0.25, 0.3) is 0 Å². The Morgan fingerprint density at radius 2 is 1.62 bits per heavy atom. The molecule has 0 spiro atoms. The number of carbonyl (C=O) groups excluding carboxylic acids is 1. The Bertz CT molecular complexity index is 838. The van der Waals surface area contributed by atoms with Gasteiger partial charge in [-0.3, -0.25) is 14.4 Å². The Morgan fingerprint density at radius 1 is 1.07 bits per heavy atom. The molecule has 2 aromatic rings. The number of halogens is 3. The van der Waals surface area contributed by atoms with Crippen LogP contribution in [-0.4, -0.2) is 40.7 Å². The number of hydrogen-bond donors (Lipinski definition) is 1. The van der Waals surface area contributed by atoms with Crippen molar-refractivity contribution >= 4 is 23.6 Å². The van der Waals surface area contributed by atoms with Gasteiger partial charge in [0.1, 0.15) is 5.25 Å². The molecule has 0 radical (unpaired) electrons. The number of alkyl halides is 3. The fraction of sp³-hybridized carbons (Fsp3) is 0.300. The van der Waals surface area contributed by atoms with E-state index in [9.17, 15) is 22.8 Å². The molecule has 156 valence electrons. The molecular weight excluding hydrogens is 407 g/mol. The number of carboxylic acids is 1. The molecule has 0 bridgehead atoms. The summed E-state index contributed by atoms with van der Waals surface area (Å²) in [4.78, 5) is 28.8. The summed E-state index contributed by atoms with van der Waals surface area (Å²) < 4.78 is 38.0. The first-order chi connectivity index (χ1) is 13.7. The Kier molecular flexibility index (Phi) is 7.69. The van der Waals surface area contributed by atoms with Crippen molar-refractivity contribution in [2.45, 2.75) is 24.4 Å². The number of thioether (sulfide) groups is 1. The SMILES string of the molecule is CON(Cc1ccc(C(F)(F)F)cc1)C(=O)c1ccc(CC(SC)C(=O)O)cc1. The summed E-state index contributed by atoms with van der Waals surface area (Å²) in [5.41, 5.74) is 0.805. The molecule has 0 aliphatic heterocycles. The van der Waals surface area contributed by atoms with E-state index in [0.717, 1.165) is 22.8 Å². The summed E-state index contributed by atoms with van der Waals surface area (Å²) in [6, 6.07) is 11.0. The molecular formula is C20H20F3NO4S. The molecule has 0 saturated carbocycles. The van der Waals surface area contributed by atoms with Gasteiger partial charge >= 0.3 is 12.1 Å². The van der Waals surface area contributed by atoms with E-state index < -0.39 is 28.9 Å². The number of benzene rings is 2. The van der Waals surface area contributed by atoms with Crippen LogP contribution in [0.15, 0.2) is 48.5 Å². The van der Waals surface area contributed by atoms with Crippen molar-refractivity contribution < 1.29 is 32.7 Å². The van der Waals surface area contributed by atoms with Gasteiger partial charge < -0.3 is 5.11 Å². The van der Waals surface area contributed by atoms with Crippen molar-refractivity contribution in [1.82, 2.24) is 5.06 Å². The van der Waals surface area contributed by atoms with Crippen molar-refractivity contribution in [3.05, 3.63) is 70.8 Å². The Hall–Kier alpha value is -2.52. The zero-order chi connectivity index (χ0) is 21.6. The molecule has 1 N–H and O–H groups in total. The van der Waals surface area contributed by atoms with Crippen LogP contribution in [0.2, 0.25) is 0 Å². The molecule has 0 fully saturated rings. The normalized spacial score (nSPS) is 12.4. The van der Waals surface area contributed by atoms with Gasteiger partial charge in [0.15, 0.2) is 0 Å². The average Bonchev–Trinajstić information content (AvgIpc) is 2.69. The second-order valence-electron chi connectivity index (χ2n) is 6.18. The van der Waals surface area contributed by atoms with Crippen LogP contribution in [0.5, 0.6) is 0 Å². The molecule has 0 saturated heterocycles. The second kappa shape index (κ2) is 9.80. The van der Waals surface area contributed by atoms with Crippen LogP contribution in [0.3, 0.4) is 0 Å². The summed E-state index contributed by atoms with van der Waals surface area (Å²) >= 11 is 1.23. The standard InChI is InChI=1S/C20H20F3NO4S/c1-28-24(12-14-5-9-16(10-6-14)20(21,22)23)18(25)15-7-3-13(4-8-15)11-17(29-2)19(26)27/h3-10,17H,11-12H2,1-2H3,(H,26,27). The van der Waals surface area contributed by atoms with E-state index in [0.29, 0.717) is 17.5 Å². The van der Waals surface area contributed by atoms with Crippen LogP contribution < -0.4 is 0 Å². The largest absolute Gasteiger partial charge is 0.480 e. The monoisotopic (exact) mass is 427 g/mol. The van der Waals surface area contributed by atoms with Crippen molar-refractivity contribution in [1.29, 1.82) is 0 Å². The minimum Gasteiger partial charge on any atom is -0.480 e. The maximum Gasteiger partial charge on any atom is 0.416 e. The molecule has 29 heavy (non-hydrogen) atoms. The lowest BCUT2D eigenvalue weighted by molar-refractivity contribution is -0.138. The third-order valence-corrected chi connectivity index (χ3v) is 5.17. The maximum absolute atomic E-state index is 12.7. The van der Waals surface area contributed by atoms with E-state index >= 15 is 0 Å². The lowest BCUT2D eigenvalue weighted by Crippen LogP contribution is -2.29. The molecule has 1 unspecified atom stereocenters. The van der Waals surface area contributed by atoms with E-state index in [4.69, 9.17) is 9.94 Å². The summed E-state index contributed by atoms with van der Waals surface area (Å²) in [5.74, 6) is -1.36. The fourth-order valence-electron chi connectivity index (χ4n) is 2.60. The molecule has 2 aromatic carbocycles. The number of nitrogens with zero attached hydrogens (tertiary/aromatic N) is 1. The van der Waals surface area contributed by atoms with Crippen LogP contribution in [-0.2, 0) is 28.8 Å². The van der Waals surface area contributed by atoms with E-state index in [1.54, 1.807) is 30.5 Å². The highest BCUT2D eigenvalue weighted by atomic mass is 32.2. The third-order valence-electron chi connectivity index (χ3n) is 4.24. The zero-order valence-corrected chi connectivity index (χ0v) is 16.6. The first kappa shape index (κ1) is 22.8. The van der Waals surface area contributed by atoms with Gasteiger partial charge in [-0.05, 0) is 48.1 Å². The fourth-order valence-corrected chi connectivity index (χ4v) is 3.16. The van der Waals surface area contributed by atoms with Crippen molar-refractivity contribution in [2.24, 2.45) is 0 Å². The average molecular weight is 427 g/mol. The van der Waals surface area contributed by atoms with Gasteiger partial charge in [-0.2, -0.15) is 13.2 Å². The Labute approximate surface area is 170 Å². The molecule has 0 aliphatic carbocycles. The van der Waals surface area contributed by atoms with E-state index in [-0.39, 0.29) is 6.54 Å². The first-order valence-electron chi connectivity index (χ1n) is 8.52. The smallest absolute Gasteiger partial charge is 0.416 e. The van der Waals surface area contributed by atoms with Crippen molar-refractivity contribution in [3.8, 4) is 0 Å². The van der Waals surface area contributed by atoms with E-state index in [2.05, 4.69) is 0 Å². The molecule has 0 aromatic heterocycles. The minimum absolute atomic E-state index is 0.0250. The Morgan fingerprint density at radius 3 is 2.07 bits per heavy atom. The van der Waals surface area contributed by atoms with Crippen LogP contribution >= 0.6 is 11.8 Å². The van der Waals surface area contributed by atoms with Gasteiger partial charge in [-0.1, -0.05) is 24.3 Å². The highest BCUT2D eigenvalue weighted by molar-refractivity contribution is 7.99. The van der Waals surface area contributed by atoms with E-state index in [1.165, 1.54) is 31.0 Å².